The monoisotopic (exact) mass is 446 g/mol. The minimum absolute atomic E-state index is 0.0285. The number of thiocarbonyl (C=S) groups is 1. The molecule has 0 amide bonds. The van der Waals surface area contributed by atoms with Crippen molar-refractivity contribution in [3.05, 3.63) is 47.9 Å². The fourth-order valence-electron chi connectivity index (χ4n) is 2.97. The summed E-state index contributed by atoms with van der Waals surface area (Å²) in [5.41, 5.74) is 6.43. The van der Waals surface area contributed by atoms with E-state index in [1.54, 1.807) is 49.4 Å². The molecule has 3 aromatic rings. The highest BCUT2D eigenvalue weighted by atomic mass is 32.1. The lowest BCUT2D eigenvalue weighted by atomic mass is 9.97. The molecule has 160 valence electrons. The number of nitriles is 1. The van der Waals surface area contributed by atoms with Gasteiger partial charge in [-0.05, 0) is 47.3 Å². The zero-order chi connectivity index (χ0) is 22.8. The molecule has 1 heterocycles. The summed E-state index contributed by atoms with van der Waals surface area (Å²) in [6, 6.07) is 7.33. The largest absolute Gasteiger partial charge is 0.478 e. The summed E-state index contributed by atoms with van der Waals surface area (Å²) in [5.74, 6) is -0.438. The highest BCUT2D eigenvalue weighted by molar-refractivity contribution is 7.80. The first-order valence-electron chi connectivity index (χ1n) is 8.84. The number of ether oxygens (including phenoxy) is 1. The Morgan fingerprint density at radius 3 is 2.71 bits per heavy atom. The number of hydrazone groups is 1. The minimum atomic E-state index is -4.66. The van der Waals surface area contributed by atoms with E-state index in [1.165, 1.54) is 17.3 Å². The van der Waals surface area contributed by atoms with Gasteiger partial charge in [0, 0.05) is 25.2 Å². The zero-order valence-corrected chi connectivity index (χ0v) is 17.3. The van der Waals surface area contributed by atoms with Gasteiger partial charge in [0.1, 0.15) is 11.8 Å². The number of aryl methyl sites for hydroxylation is 1. The van der Waals surface area contributed by atoms with Crippen LogP contribution in [-0.2, 0) is 13.2 Å². The molecule has 3 rings (SSSR count). The number of benzene rings is 2. The highest BCUT2D eigenvalue weighted by Gasteiger charge is 2.35. The number of nitrogens with two attached hydrogens (primary N) is 1. The Kier molecular flexibility index (Phi) is 6.12. The molecule has 0 fully saturated rings. The van der Waals surface area contributed by atoms with Gasteiger partial charge in [-0.2, -0.15) is 23.5 Å². The van der Waals surface area contributed by atoms with E-state index in [9.17, 15) is 13.2 Å². The number of aromatic nitrogens is 2. The second-order valence-electron chi connectivity index (χ2n) is 6.58. The molecule has 0 saturated carbocycles. The molecule has 11 heteroatoms. The molecule has 0 aliphatic heterocycles. The first-order valence-corrected chi connectivity index (χ1v) is 9.25. The van der Waals surface area contributed by atoms with Crippen molar-refractivity contribution < 1.29 is 17.9 Å². The van der Waals surface area contributed by atoms with Gasteiger partial charge in [-0.15, -0.1) is 0 Å². The summed E-state index contributed by atoms with van der Waals surface area (Å²) in [7, 11) is 3.33. The molecular weight excluding hydrogens is 429 g/mol. The van der Waals surface area contributed by atoms with Crippen LogP contribution < -0.4 is 10.5 Å². The van der Waals surface area contributed by atoms with Crippen LogP contribution in [0, 0.1) is 11.3 Å². The molecular formula is C20H17F3N6OS. The first-order chi connectivity index (χ1) is 14.6. The van der Waals surface area contributed by atoms with Crippen molar-refractivity contribution in [2.45, 2.75) is 6.18 Å². The second kappa shape index (κ2) is 8.61. The number of alkyl halides is 3. The third kappa shape index (κ3) is 4.75. The number of hydrogen-bond acceptors (Lipinski definition) is 5. The van der Waals surface area contributed by atoms with Gasteiger partial charge in [0.05, 0.1) is 30.0 Å². The maximum absolute atomic E-state index is 13.6. The molecule has 2 N–H and O–H groups in total. The van der Waals surface area contributed by atoms with E-state index in [0.29, 0.717) is 27.6 Å². The van der Waals surface area contributed by atoms with Crippen LogP contribution in [0.25, 0.3) is 22.0 Å². The molecule has 0 radical (unpaired) electrons. The molecule has 1 aromatic heterocycles. The average molecular weight is 446 g/mol. The molecule has 7 nitrogen and oxygen atoms in total. The molecule has 0 aliphatic carbocycles. The summed E-state index contributed by atoms with van der Waals surface area (Å²) >= 11 is 4.87. The topological polar surface area (TPSA) is 92.5 Å². The van der Waals surface area contributed by atoms with Crippen molar-refractivity contribution in [3.63, 3.8) is 0 Å². The number of fused-ring (bicyclic) bond motifs is 1. The average Bonchev–Trinajstić information content (AvgIpc) is 3.14. The lowest BCUT2D eigenvalue weighted by Gasteiger charge is -2.16. The van der Waals surface area contributed by atoms with Crippen molar-refractivity contribution >= 4 is 34.3 Å². The molecule has 2 aromatic carbocycles. The quantitative estimate of drug-likeness (QED) is 0.365. The SMILES string of the molecule is CN(/N=C/c1cc(-c2cncn2C)cc2cc(C(F)(F)F)c(OCC#N)cc12)C(N)=S. The molecule has 0 bridgehead atoms. The maximum atomic E-state index is 13.6. The van der Waals surface area contributed by atoms with E-state index < -0.39 is 24.1 Å². The van der Waals surface area contributed by atoms with Crippen molar-refractivity contribution in [1.82, 2.24) is 14.6 Å². The molecule has 0 saturated heterocycles. The van der Waals surface area contributed by atoms with E-state index in [-0.39, 0.29) is 5.11 Å². The predicted octanol–water partition coefficient (Wildman–Crippen LogP) is 3.67. The van der Waals surface area contributed by atoms with Gasteiger partial charge in [-0.1, -0.05) is 0 Å². The van der Waals surface area contributed by atoms with Crippen molar-refractivity contribution in [1.29, 1.82) is 5.26 Å². The Labute approximate surface area is 181 Å². The Hall–Kier alpha value is -3.65. The van der Waals surface area contributed by atoms with Crippen LogP contribution in [0.3, 0.4) is 0 Å². The molecule has 0 unspecified atom stereocenters. The van der Waals surface area contributed by atoms with E-state index in [4.69, 9.17) is 28.0 Å². The number of rotatable bonds is 5. The van der Waals surface area contributed by atoms with Gasteiger partial charge < -0.3 is 15.0 Å². The van der Waals surface area contributed by atoms with Gasteiger partial charge in [-0.3, -0.25) is 0 Å². The molecule has 0 atom stereocenters. The maximum Gasteiger partial charge on any atom is 0.419 e. The number of halogens is 3. The molecule has 0 spiro atoms. The fourth-order valence-corrected chi connectivity index (χ4v) is 3.01. The van der Waals surface area contributed by atoms with Crippen LogP contribution in [0.15, 0.2) is 41.9 Å². The number of nitrogens with zero attached hydrogens (tertiary/aromatic N) is 5. The first kappa shape index (κ1) is 22.0. The van der Waals surface area contributed by atoms with Gasteiger partial charge in [0.2, 0.25) is 0 Å². The Morgan fingerprint density at radius 2 is 2.13 bits per heavy atom. The highest BCUT2D eigenvalue weighted by Crippen LogP contribution is 2.40. The summed E-state index contributed by atoms with van der Waals surface area (Å²) in [5, 5.41) is 14.9. The van der Waals surface area contributed by atoms with Gasteiger partial charge in [0.15, 0.2) is 11.7 Å². The molecule has 31 heavy (non-hydrogen) atoms. The normalized spacial score (nSPS) is 11.6. The van der Waals surface area contributed by atoms with Gasteiger partial charge in [0.25, 0.3) is 0 Å². The van der Waals surface area contributed by atoms with Crippen molar-refractivity contribution in [3.8, 4) is 23.1 Å². The minimum Gasteiger partial charge on any atom is -0.478 e. The third-order valence-electron chi connectivity index (χ3n) is 4.48. The van der Waals surface area contributed by atoms with Crippen LogP contribution in [-0.4, -0.2) is 39.5 Å². The summed E-state index contributed by atoms with van der Waals surface area (Å²) < 4.78 is 47.8. The van der Waals surface area contributed by atoms with Crippen LogP contribution in [0.2, 0.25) is 0 Å². The van der Waals surface area contributed by atoms with E-state index >= 15 is 0 Å². The standard InChI is InChI=1S/C20H17F3N6OS/c1-28-11-26-10-17(28)13-5-12-7-16(20(21,22)23)18(30-4-3-24)8-15(12)14(6-13)9-27-29(2)19(25)31/h5-11H,4H2,1-2H3,(H2,25,31)/b27-9+. The van der Waals surface area contributed by atoms with E-state index in [2.05, 4.69) is 10.1 Å². The van der Waals surface area contributed by atoms with Crippen molar-refractivity contribution in [2.24, 2.45) is 17.9 Å². The Bertz CT molecular complexity index is 1210. The van der Waals surface area contributed by atoms with Gasteiger partial charge >= 0.3 is 6.18 Å². The van der Waals surface area contributed by atoms with Gasteiger partial charge in [-0.25, -0.2) is 9.99 Å². The van der Waals surface area contributed by atoms with Crippen LogP contribution >= 0.6 is 12.2 Å². The number of hydrogen-bond donors (Lipinski definition) is 1. The van der Waals surface area contributed by atoms with Crippen molar-refractivity contribution in [2.75, 3.05) is 13.7 Å². The lowest BCUT2D eigenvalue weighted by molar-refractivity contribution is -0.138. The summed E-state index contributed by atoms with van der Waals surface area (Å²) in [6.45, 7) is -0.519. The van der Waals surface area contributed by atoms with Crippen LogP contribution in [0.1, 0.15) is 11.1 Å². The Morgan fingerprint density at radius 1 is 1.39 bits per heavy atom. The second-order valence-corrected chi connectivity index (χ2v) is 6.99. The number of imidazole rings is 1. The molecule has 0 aliphatic rings. The summed E-state index contributed by atoms with van der Waals surface area (Å²) in [6.07, 6.45) is -0.0173. The lowest BCUT2D eigenvalue weighted by Crippen LogP contribution is -2.27. The predicted molar refractivity (Wildman–Crippen MR) is 114 cm³/mol. The Balaban J connectivity index is 2.30. The fraction of sp³-hybridized carbons (Fsp3) is 0.200. The smallest absolute Gasteiger partial charge is 0.419 e. The zero-order valence-electron chi connectivity index (χ0n) is 16.5. The third-order valence-corrected chi connectivity index (χ3v) is 4.75. The van der Waals surface area contributed by atoms with E-state index in [0.717, 1.165) is 6.07 Å². The summed E-state index contributed by atoms with van der Waals surface area (Å²) in [4.78, 5) is 4.07. The van der Waals surface area contributed by atoms with E-state index in [1.807, 2.05) is 0 Å². The van der Waals surface area contributed by atoms with Crippen LogP contribution in [0.4, 0.5) is 13.2 Å². The van der Waals surface area contributed by atoms with Crippen LogP contribution in [0.5, 0.6) is 5.75 Å².